The van der Waals surface area contributed by atoms with E-state index in [-0.39, 0.29) is 17.2 Å². The smallest absolute Gasteiger partial charge is 0.256 e. The lowest BCUT2D eigenvalue weighted by Gasteiger charge is -2.08. The molecule has 2 aromatic rings. The number of aryl methyl sites for hydroxylation is 1. The van der Waals surface area contributed by atoms with Crippen LogP contribution in [0.2, 0.25) is 0 Å². The minimum absolute atomic E-state index is 0.0623. The molecule has 1 amide bonds. The third kappa shape index (κ3) is 2.78. The third-order valence-corrected chi connectivity index (χ3v) is 2.74. The Morgan fingerprint density at radius 1 is 1.26 bits per heavy atom. The van der Waals surface area contributed by atoms with Crippen LogP contribution in [0.5, 0.6) is 0 Å². The summed E-state index contributed by atoms with van der Waals surface area (Å²) >= 11 is 0. The first-order valence-electron chi connectivity index (χ1n) is 5.68. The number of nitriles is 1. The zero-order valence-electron chi connectivity index (χ0n) is 10.3. The lowest BCUT2D eigenvalue weighted by atomic mass is 10.1. The van der Waals surface area contributed by atoms with Gasteiger partial charge in [-0.2, -0.15) is 5.26 Å². The first kappa shape index (κ1) is 12.8. The van der Waals surface area contributed by atoms with Crippen LogP contribution >= 0.6 is 0 Å². The summed E-state index contributed by atoms with van der Waals surface area (Å²) < 4.78 is 13.6. The topological polar surface area (TPSA) is 52.9 Å². The lowest BCUT2D eigenvalue weighted by Crippen LogP contribution is -2.14. The van der Waals surface area contributed by atoms with Gasteiger partial charge in [-0.05, 0) is 36.8 Å². The average Bonchev–Trinajstić information content (AvgIpc) is 2.41. The first-order valence-corrected chi connectivity index (χ1v) is 5.68. The van der Waals surface area contributed by atoms with E-state index < -0.39 is 5.82 Å². The predicted molar refractivity (Wildman–Crippen MR) is 70.2 cm³/mol. The Morgan fingerprint density at radius 2 is 2.00 bits per heavy atom. The Labute approximate surface area is 110 Å². The molecule has 0 aliphatic rings. The van der Waals surface area contributed by atoms with Crippen molar-refractivity contribution in [2.75, 3.05) is 5.32 Å². The summed E-state index contributed by atoms with van der Waals surface area (Å²) in [6.07, 6.45) is 0. The molecule has 0 aromatic heterocycles. The zero-order valence-corrected chi connectivity index (χ0v) is 10.3. The summed E-state index contributed by atoms with van der Waals surface area (Å²) in [5, 5.41) is 11.1. The number of rotatable bonds is 2. The fourth-order valence-corrected chi connectivity index (χ4v) is 1.70. The van der Waals surface area contributed by atoms with Gasteiger partial charge in [-0.15, -0.1) is 0 Å². The van der Waals surface area contributed by atoms with Gasteiger partial charge in [0.15, 0.2) is 0 Å². The number of carbonyl (C=O) groups excluding carboxylic acids is 1. The van der Waals surface area contributed by atoms with Crippen LogP contribution in [0.15, 0.2) is 42.5 Å². The SMILES string of the molecule is Cc1ccccc1C(=O)Nc1ccc(C#N)cc1F. The maximum absolute atomic E-state index is 13.6. The summed E-state index contributed by atoms with van der Waals surface area (Å²) in [6.45, 7) is 1.81. The van der Waals surface area contributed by atoms with E-state index in [0.717, 1.165) is 11.6 Å². The summed E-state index contributed by atoms with van der Waals surface area (Å²) in [7, 11) is 0. The van der Waals surface area contributed by atoms with Gasteiger partial charge < -0.3 is 5.32 Å². The summed E-state index contributed by atoms with van der Waals surface area (Å²) in [5.74, 6) is -0.998. The number of hydrogen-bond donors (Lipinski definition) is 1. The Hall–Kier alpha value is -2.67. The van der Waals surface area contributed by atoms with Crippen molar-refractivity contribution in [1.82, 2.24) is 0 Å². The second-order valence-corrected chi connectivity index (χ2v) is 4.08. The Kier molecular flexibility index (Phi) is 3.58. The van der Waals surface area contributed by atoms with E-state index in [1.807, 2.05) is 25.1 Å². The minimum atomic E-state index is -0.624. The number of nitrogens with zero attached hydrogens (tertiary/aromatic N) is 1. The van der Waals surface area contributed by atoms with Crippen LogP contribution in [0.3, 0.4) is 0 Å². The molecule has 4 heteroatoms. The van der Waals surface area contributed by atoms with Gasteiger partial charge >= 0.3 is 0 Å². The molecule has 2 aromatic carbocycles. The fraction of sp³-hybridized carbons (Fsp3) is 0.0667. The van der Waals surface area contributed by atoms with Gasteiger partial charge in [0.2, 0.25) is 0 Å². The Bertz CT molecular complexity index is 674. The number of hydrogen-bond acceptors (Lipinski definition) is 2. The predicted octanol–water partition coefficient (Wildman–Crippen LogP) is 3.26. The molecule has 1 N–H and O–H groups in total. The van der Waals surface area contributed by atoms with Crippen molar-refractivity contribution in [3.63, 3.8) is 0 Å². The van der Waals surface area contributed by atoms with E-state index >= 15 is 0 Å². The highest BCUT2D eigenvalue weighted by Crippen LogP contribution is 2.17. The summed E-state index contributed by atoms with van der Waals surface area (Å²) in [5.41, 5.74) is 1.58. The van der Waals surface area contributed by atoms with Crippen molar-refractivity contribution < 1.29 is 9.18 Å². The van der Waals surface area contributed by atoms with Gasteiger partial charge in [0.25, 0.3) is 5.91 Å². The van der Waals surface area contributed by atoms with Crippen LogP contribution < -0.4 is 5.32 Å². The van der Waals surface area contributed by atoms with Gasteiger partial charge in [0, 0.05) is 5.56 Å². The fourth-order valence-electron chi connectivity index (χ4n) is 1.70. The van der Waals surface area contributed by atoms with Crippen LogP contribution in [-0.4, -0.2) is 5.91 Å². The van der Waals surface area contributed by atoms with E-state index in [9.17, 15) is 9.18 Å². The van der Waals surface area contributed by atoms with Gasteiger partial charge in [-0.1, -0.05) is 18.2 Å². The van der Waals surface area contributed by atoms with E-state index in [0.29, 0.717) is 5.56 Å². The molecule has 0 aliphatic carbocycles. The molecule has 0 bridgehead atoms. The molecule has 0 atom stereocenters. The molecule has 0 fully saturated rings. The summed E-state index contributed by atoms with van der Waals surface area (Å²) in [4.78, 5) is 12.0. The van der Waals surface area contributed by atoms with E-state index in [1.165, 1.54) is 12.1 Å². The molecule has 0 heterocycles. The highest BCUT2D eigenvalue weighted by atomic mass is 19.1. The molecule has 3 nitrogen and oxygen atoms in total. The summed E-state index contributed by atoms with van der Waals surface area (Å²) in [6, 6.07) is 12.8. The van der Waals surface area contributed by atoms with E-state index in [1.54, 1.807) is 12.1 Å². The standard InChI is InChI=1S/C15H11FN2O/c1-10-4-2-3-5-12(10)15(19)18-14-7-6-11(9-17)8-13(14)16/h2-8H,1H3,(H,18,19). The number of carbonyl (C=O) groups is 1. The highest BCUT2D eigenvalue weighted by Gasteiger charge is 2.11. The molecule has 0 unspecified atom stereocenters. The van der Waals surface area contributed by atoms with Crippen LogP contribution in [-0.2, 0) is 0 Å². The Balaban J connectivity index is 2.25. The van der Waals surface area contributed by atoms with Crippen LogP contribution in [0.4, 0.5) is 10.1 Å². The van der Waals surface area contributed by atoms with Crippen molar-refractivity contribution in [1.29, 1.82) is 5.26 Å². The maximum atomic E-state index is 13.6. The van der Waals surface area contributed by atoms with Gasteiger partial charge in [-0.3, -0.25) is 4.79 Å². The van der Waals surface area contributed by atoms with E-state index in [4.69, 9.17) is 5.26 Å². The monoisotopic (exact) mass is 254 g/mol. The van der Waals surface area contributed by atoms with Crippen molar-refractivity contribution >= 4 is 11.6 Å². The van der Waals surface area contributed by atoms with Crippen molar-refractivity contribution in [3.8, 4) is 6.07 Å². The van der Waals surface area contributed by atoms with Gasteiger partial charge in [0.1, 0.15) is 5.82 Å². The van der Waals surface area contributed by atoms with Crippen LogP contribution in [0.1, 0.15) is 21.5 Å². The molecular formula is C15H11FN2O. The van der Waals surface area contributed by atoms with E-state index in [2.05, 4.69) is 5.32 Å². The molecule has 2 rings (SSSR count). The van der Waals surface area contributed by atoms with Crippen molar-refractivity contribution in [3.05, 3.63) is 65.0 Å². The highest BCUT2D eigenvalue weighted by molar-refractivity contribution is 6.05. The normalized spacial score (nSPS) is 9.74. The average molecular weight is 254 g/mol. The van der Waals surface area contributed by atoms with Crippen LogP contribution in [0.25, 0.3) is 0 Å². The molecule has 19 heavy (non-hydrogen) atoms. The Morgan fingerprint density at radius 3 is 2.63 bits per heavy atom. The molecule has 0 saturated heterocycles. The zero-order chi connectivity index (χ0) is 13.8. The number of anilines is 1. The molecule has 0 aliphatic heterocycles. The number of amides is 1. The number of halogens is 1. The van der Waals surface area contributed by atoms with Gasteiger partial charge in [0.05, 0.1) is 17.3 Å². The largest absolute Gasteiger partial charge is 0.319 e. The number of benzene rings is 2. The van der Waals surface area contributed by atoms with Crippen LogP contribution in [0, 0.1) is 24.1 Å². The molecule has 94 valence electrons. The number of nitrogens with one attached hydrogen (secondary N) is 1. The third-order valence-electron chi connectivity index (χ3n) is 2.74. The quantitative estimate of drug-likeness (QED) is 0.894. The first-order chi connectivity index (χ1) is 9.11. The molecule has 0 saturated carbocycles. The maximum Gasteiger partial charge on any atom is 0.256 e. The van der Waals surface area contributed by atoms with Crippen molar-refractivity contribution in [2.24, 2.45) is 0 Å². The molecular weight excluding hydrogens is 243 g/mol. The lowest BCUT2D eigenvalue weighted by molar-refractivity contribution is 0.102. The minimum Gasteiger partial charge on any atom is -0.319 e. The van der Waals surface area contributed by atoms with Gasteiger partial charge in [-0.25, -0.2) is 4.39 Å². The van der Waals surface area contributed by atoms with Crippen molar-refractivity contribution in [2.45, 2.75) is 6.92 Å². The molecule has 0 spiro atoms. The second-order valence-electron chi connectivity index (χ2n) is 4.08. The molecule has 0 radical (unpaired) electrons. The second kappa shape index (κ2) is 5.32.